The first-order chi connectivity index (χ1) is 12.0. The van der Waals surface area contributed by atoms with Crippen LogP contribution in [0.4, 0.5) is 9.52 Å². The molecule has 2 atom stereocenters. The highest BCUT2D eigenvalue weighted by atomic mass is 32.1. The molecule has 25 heavy (non-hydrogen) atoms. The van der Waals surface area contributed by atoms with Gasteiger partial charge in [0.25, 0.3) is 0 Å². The van der Waals surface area contributed by atoms with E-state index >= 15 is 0 Å². The first-order valence-electron chi connectivity index (χ1n) is 7.93. The quantitative estimate of drug-likeness (QED) is 0.754. The minimum absolute atomic E-state index is 0.177. The summed E-state index contributed by atoms with van der Waals surface area (Å²) in [5.74, 6) is -0.282. The highest BCUT2D eigenvalue weighted by Crippen LogP contribution is 2.42. The van der Waals surface area contributed by atoms with Crippen LogP contribution in [0.25, 0.3) is 0 Å². The van der Waals surface area contributed by atoms with Gasteiger partial charge in [-0.05, 0) is 36.8 Å². The van der Waals surface area contributed by atoms with Gasteiger partial charge in [-0.25, -0.2) is 9.37 Å². The average molecular weight is 356 g/mol. The van der Waals surface area contributed by atoms with Crippen molar-refractivity contribution in [3.05, 3.63) is 76.8 Å². The van der Waals surface area contributed by atoms with Gasteiger partial charge in [0.2, 0.25) is 5.13 Å². The van der Waals surface area contributed by atoms with E-state index in [4.69, 9.17) is 0 Å². The highest BCUT2D eigenvalue weighted by molar-refractivity contribution is 7.13. The molecule has 3 aromatic rings. The van der Waals surface area contributed by atoms with Gasteiger partial charge in [-0.1, -0.05) is 12.1 Å². The summed E-state index contributed by atoms with van der Waals surface area (Å²) in [7, 11) is 0. The van der Waals surface area contributed by atoms with Gasteiger partial charge in [-0.3, -0.25) is 9.99 Å². The van der Waals surface area contributed by atoms with Crippen LogP contribution in [0.15, 0.2) is 54.2 Å². The van der Waals surface area contributed by atoms with Crippen molar-refractivity contribution < 1.29 is 9.50 Å². The second kappa shape index (κ2) is 6.18. The minimum Gasteiger partial charge on any atom is -0.370 e. The van der Waals surface area contributed by atoms with E-state index in [2.05, 4.69) is 15.4 Å². The van der Waals surface area contributed by atoms with Crippen molar-refractivity contribution in [2.75, 3.05) is 5.01 Å². The Hall–Kier alpha value is -2.35. The number of hydrogen-bond donors (Lipinski definition) is 2. The minimum atomic E-state index is -1.25. The van der Waals surface area contributed by atoms with Crippen molar-refractivity contribution in [1.82, 2.24) is 15.4 Å². The third-order valence-corrected chi connectivity index (χ3v) is 5.29. The molecular formula is C18H17FN4OS. The Kier molecular flexibility index (Phi) is 3.99. The summed E-state index contributed by atoms with van der Waals surface area (Å²) in [4.78, 5) is 8.54. The molecule has 4 rings (SSSR count). The number of benzene rings is 1. The maximum absolute atomic E-state index is 13.3. The molecule has 1 aliphatic heterocycles. The number of hydrazine groups is 1. The number of thiazole rings is 1. The van der Waals surface area contributed by atoms with Crippen LogP contribution in [0, 0.1) is 12.7 Å². The molecule has 1 saturated heterocycles. The molecule has 5 nitrogen and oxygen atoms in total. The number of anilines is 1. The molecule has 1 aliphatic rings. The zero-order chi connectivity index (χ0) is 17.4. The summed E-state index contributed by atoms with van der Waals surface area (Å²) in [5, 5.41) is 15.8. The second-order valence-electron chi connectivity index (χ2n) is 6.12. The van der Waals surface area contributed by atoms with Gasteiger partial charge in [0, 0.05) is 29.8 Å². The van der Waals surface area contributed by atoms with Crippen LogP contribution < -0.4 is 10.4 Å². The maximum Gasteiger partial charge on any atom is 0.200 e. The standard InChI is InChI=1S/C18H17FN4OS/c1-12-11-25-17(21-12)23-16(13-2-4-15(19)5-3-13)10-18(24,22-23)14-6-8-20-9-7-14/h2-9,11,16,22,24H,10H2,1H3/t16-,18-/m0/s1. The Bertz CT molecular complexity index is 870. The van der Waals surface area contributed by atoms with Gasteiger partial charge in [0.15, 0.2) is 5.72 Å². The van der Waals surface area contributed by atoms with Crippen molar-refractivity contribution in [3.63, 3.8) is 0 Å². The van der Waals surface area contributed by atoms with Crippen molar-refractivity contribution >= 4 is 16.5 Å². The highest BCUT2D eigenvalue weighted by Gasteiger charge is 2.45. The maximum atomic E-state index is 13.3. The zero-order valence-corrected chi connectivity index (χ0v) is 14.4. The van der Waals surface area contributed by atoms with Gasteiger partial charge in [0.1, 0.15) is 5.82 Å². The SMILES string of the molecule is Cc1csc(N2N[C@@](O)(c3ccncc3)C[C@H]2c2ccc(F)cc2)n1. The van der Waals surface area contributed by atoms with Crippen LogP contribution in [0.3, 0.4) is 0 Å². The van der Waals surface area contributed by atoms with E-state index in [0.717, 1.165) is 22.0 Å². The van der Waals surface area contributed by atoms with E-state index in [1.807, 2.05) is 17.3 Å². The van der Waals surface area contributed by atoms with Gasteiger partial charge in [-0.2, -0.15) is 5.43 Å². The van der Waals surface area contributed by atoms with E-state index in [1.165, 1.54) is 23.5 Å². The summed E-state index contributed by atoms with van der Waals surface area (Å²) in [6.45, 7) is 1.93. The lowest BCUT2D eigenvalue weighted by atomic mass is 9.95. The van der Waals surface area contributed by atoms with Crippen molar-refractivity contribution in [1.29, 1.82) is 0 Å². The smallest absolute Gasteiger partial charge is 0.200 e. The number of hydrogen-bond acceptors (Lipinski definition) is 6. The lowest BCUT2D eigenvalue weighted by Gasteiger charge is -2.26. The van der Waals surface area contributed by atoms with Crippen LogP contribution in [-0.2, 0) is 5.72 Å². The third-order valence-electron chi connectivity index (χ3n) is 4.33. The number of nitrogens with one attached hydrogen (secondary N) is 1. The Morgan fingerprint density at radius 1 is 1.24 bits per heavy atom. The normalized spacial score (nSPS) is 23.2. The fourth-order valence-corrected chi connectivity index (χ4v) is 3.90. The molecule has 2 N–H and O–H groups in total. The summed E-state index contributed by atoms with van der Waals surface area (Å²) in [6, 6.07) is 9.75. The fourth-order valence-electron chi connectivity index (χ4n) is 3.09. The van der Waals surface area contributed by atoms with Crippen LogP contribution in [0.5, 0.6) is 0 Å². The average Bonchev–Trinajstić information content (AvgIpc) is 3.21. The number of aryl methyl sites for hydroxylation is 1. The van der Waals surface area contributed by atoms with Gasteiger partial charge >= 0.3 is 0 Å². The van der Waals surface area contributed by atoms with E-state index in [-0.39, 0.29) is 11.9 Å². The Labute approximate surface area is 148 Å². The third kappa shape index (κ3) is 3.02. The van der Waals surface area contributed by atoms with E-state index < -0.39 is 5.72 Å². The Morgan fingerprint density at radius 3 is 2.60 bits per heavy atom. The second-order valence-corrected chi connectivity index (χ2v) is 6.96. The molecule has 3 heterocycles. The number of aliphatic hydroxyl groups is 1. The summed E-state index contributed by atoms with van der Waals surface area (Å²) in [5.41, 5.74) is 4.50. The van der Waals surface area contributed by atoms with Crippen molar-refractivity contribution in [2.45, 2.75) is 25.1 Å². The summed E-state index contributed by atoms with van der Waals surface area (Å²) in [6.07, 6.45) is 3.71. The lowest BCUT2D eigenvalue weighted by molar-refractivity contribution is 0.0179. The molecule has 0 aliphatic carbocycles. The predicted molar refractivity (Wildman–Crippen MR) is 94.4 cm³/mol. The van der Waals surface area contributed by atoms with Gasteiger partial charge < -0.3 is 5.11 Å². The van der Waals surface area contributed by atoms with Gasteiger partial charge in [-0.15, -0.1) is 11.3 Å². The lowest BCUT2D eigenvalue weighted by Crippen LogP contribution is -2.44. The summed E-state index contributed by atoms with van der Waals surface area (Å²) >= 11 is 1.50. The number of aromatic nitrogens is 2. The topological polar surface area (TPSA) is 61.3 Å². The van der Waals surface area contributed by atoms with Crippen LogP contribution >= 0.6 is 11.3 Å². The molecule has 2 aromatic heterocycles. The number of pyridine rings is 1. The number of rotatable bonds is 3. The monoisotopic (exact) mass is 356 g/mol. The zero-order valence-electron chi connectivity index (χ0n) is 13.6. The molecular weight excluding hydrogens is 339 g/mol. The Balaban J connectivity index is 1.75. The van der Waals surface area contributed by atoms with Gasteiger partial charge in [0.05, 0.1) is 11.7 Å². The molecule has 1 fully saturated rings. The summed E-state index contributed by atoms with van der Waals surface area (Å²) < 4.78 is 13.3. The number of halogens is 1. The van der Waals surface area contributed by atoms with Crippen molar-refractivity contribution in [2.24, 2.45) is 0 Å². The Morgan fingerprint density at radius 2 is 1.96 bits per heavy atom. The predicted octanol–water partition coefficient (Wildman–Crippen LogP) is 3.29. The molecule has 0 unspecified atom stereocenters. The molecule has 1 aromatic carbocycles. The first-order valence-corrected chi connectivity index (χ1v) is 8.81. The van der Waals surface area contributed by atoms with E-state index in [9.17, 15) is 9.50 Å². The molecule has 0 bridgehead atoms. The fraction of sp³-hybridized carbons (Fsp3) is 0.222. The van der Waals surface area contributed by atoms with Crippen LogP contribution in [0.1, 0.15) is 29.3 Å². The molecule has 7 heteroatoms. The van der Waals surface area contributed by atoms with Crippen LogP contribution in [0.2, 0.25) is 0 Å². The molecule has 128 valence electrons. The molecule has 0 amide bonds. The van der Waals surface area contributed by atoms with Crippen molar-refractivity contribution in [3.8, 4) is 0 Å². The largest absolute Gasteiger partial charge is 0.370 e. The van der Waals surface area contributed by atoms with Crippen LogP contribution in [-0.4, -0.2) is 15.1 Å². The molecule has 0 spiro atoms. The molecule has 0 saturated carbocycles. The van der Waals surface area contributed by atoms with E-state index in [0.29, 0.717) is 6.42 Å². The number of nitrogens with zero attached hydrogens (tertiary/aromatic N) is 3. The first kappa shape index (κ1) is 16.1. The molecule has 0 radical (unpaired) electrons. The van der Waals surface area contributed by atoms with E-state index in [1.54, 1.807) is 36.7 Å².